The van der Waals surface area contributed by atoms with Gasteiger partial charge in [-0.05, 0) is 67.8 Å². The SMILES string of the molecule is COc1cc2c(cc1OCCCC(=O)Nc1cc(C(=O)Nc3ccc(-c4cc(C(=O)NCC(C)(C)S)n(C)c4)cc3)n(C)c1)N=C[C@@H]1Cc3ccccc3N1C2=O. The second-order valence-corrected chi connectivity index (χ2v) is 16.1. The Bertz CT molecular complexity index is 2390. The maximum Gasteiger partial charge on any atom is 0.272 e. The number of para-hydroxylation sites is 1. The number of benzene rings is 3. The Labute approximate surface area is 336 Å². The summed E-state index contributed by atoms with van der Waals surface area (Å²) in [5.41, 5.74) is 6.66. The predicted octanol–water partition coefficient (Wildman–Crippen LogP) is 6.81. The third-order valence-corrected chi connectivity index (χ3v) is 10.0. The Hall–Kier alpha value is -6.28. The maximum absolute atomic E-state index is 13.7. The van der Waals surface area contributed by atoms with Crippen molar-refractivity contribution in [3.63, 3.8) is 0 Å². The number of amides is 4. The number of anilines is 3. The van der Waals surface area contributed by atoms with E-state index in [2.05, 4.69) is 33.6 Å². The van der Waals surface area contributed by atoms with Crippen molar-refractivity contribution in [1.29, 1.82) is 0 Å². The second-order valence-electron chi connectivity index (χ2n) is 14.9. The molecular formula is C43H45N7O6S. The Kier molecular flexibility index (Phi) is 11.0. The molecule has 13 nitrogen and oxygen atoms in total. The summed E-state index contributed by atoms with van der Waals surface area (Å²) in [6.45, 7) is 4.52. The number of thiol groups is 1. The lowest BCUT2D eigenvalue weighted by atomic mass is 10.1. The molecule has 294 valence electrons. The zero-order valence-electron chi connectivity index (χ0n) is 32.5. The molecule has 2 aliphatic rings. The van der Waals surface area contributed by atoms with Crippen LogP contribution in [0.1, 0.15) is 63.6 Å². The number of aryl methyl sites for hydroxylation is 2. The Morgan fingerprint density at radius 2 is 1.61 bits per heavy atom. The van der Waals surface area contributed by atoms with Gasteiger partial charge in [-0.15, -0.1) is 0 Å². The zero-order chi connectivity index (χ0) is 40.4. The van der Waals surface area contributed by atoms with Gasteiger partial charge in [0, 0.05) is 79.8 Å². The molecule has 7 rings (SSSR count). The number of fused-ring (bicyclic) bond motifs is 4. The number of aromatic nitrogens is 2. The third-order valence-electron chi connectivity index (χ3n) is 9.85. The minimum atomic E-state index is -0.337. The van der Waals surface area contributed by atoms with E-state index in [9.17, 15) is 19.2 Å². The Balaban J connectivity index is 0.903. The molecule has 0 radical (unpaired) electrons. The topological polar surface area (TPSA) is 148 Å². The van der Waals surface area contributed by atoms with E-state index in [1.165, 1.54) is 7.11 Å². The van der Waals surface area contributed by atoms with Gasteiger partial charge < -0.3 is 34.6 Å². The van der Waals surface area contributed by atoms with Crippen LogP contribution in [-0.2, 0) is 25.3 Å². The zero-order valence-corrected chi connectivity index (χ0v) is 33.4. The quantitative estimate of drug-likeness (QED) is 0.0762. The maximum atomic E-state index is 13.7. The lowest BCUT2D eigenvalue weighted by molar-refractivity contribution is -0.116. The van der Waals surface area contributed by atoms with Gasteiger partial charge in [-0.3, -0.25) is 29.1 Å². The van der Waals surface area contributed by atoms with Gasteiger partial charge >= 0.3 is 0 Å². The van der Waals surface area contributed by atoms with Crippen LogP contribution in [0.4, 0.5) is 22.7 Å². The molecule has 0 spiro atoms. The number of rotatable bonds is 13. The first-order chi connectivity index (χ1) is 27.3. The van der Waals surface area contributed by atoms with Crippen LogP contribution in [0.5, 0.6) is 11.5 Å². The number of aliphatic imine (C=N–C) groups is 1. The molecule has 4 amide bonds. The standard InChI is InChI=1S/C43H45N7O6S/c1-43(2,57)25-45-40(52)35-18-28(23-48(35)3)26-12-14-29(15-13-26)47-41(53)36-19-30(24-49(36)4)46-39(51)11-8-16-56-38-21-33-32(20-37(38)55-5)42(54)50-31(22-44-33)17-27-9-6-7-10-34(27)50/h6-7,9-10,12-15,18-24,31,57H,8,11,16-17,25H2,1-5H3,(H,45,52)(H,46,51)(H,47,53)/t31-/m0/s1. The summed E-state index contributed by atoms with van der Waals surface area (Å²) in [4.78, 5) is 58.9. The number of ether oxygens (including phenoxy) is 2. The number of hydrogen-bond acceptors (Lipinski definition) is 8. The van der Waals surface area contributed by atoms with Crippen LogP contribution in [0, 0.1) is 0 Å². The van der Waals surface area contributed by atoms with Crippen molar-refractivity contribution >= 4 is 65.2 Å². The van der Waals surface area contributed by atoms with Crippen LogP contribution in [0.25, 0.3) is 11.1 Å². The van der Waals surface area contributed by atoms with E-state index in [1.807, 2.05) is 69.6 Å². The van der Waals surface area contributed by atoms with Gasteiger partial charge in [0.1, 0.15) is 11.4 Å². The highest BCUT2D eigenvalue weighted by atomic mass is 32.1. The van der Waals surface area contributed by atoms with E-state index in [1.54, 1.807) is 63.8 Å². The smallest absolute Gasteiger partial charge is 0.272 e. The van der Waals surface area contributed by atoms with E-state index in [0.717, 1.165) is 22.4 Å². The van der Waals surface area contributed by atoms with Gasteiger partial charge in [0.05, 0.1) is 36.7 Å². The summed E-state index contributed by atoms with van der Waals surface area (Å²) in [7, 11) is 5.07. The monoisotopic (exact) mass is 787 g/mol. The Morgan fingerprint density at radius 1 is 0.877 bits per heavy atom. The summed E-state index contributed by atoms with van der Waals surface area (Å²) >= 11 is 4.47. The molecular weight excluding hydrogens is 743 g/mol. The summed E-state index contributed by atoms with van der Waals surface area (Å²) in [5, 5.41) is 8.69. The fourth-order valence-corrected chi connectivity index (χ4v) is 7.04. The van der Waals surface area contributed by atoms with Crippen LogP contribution >= 0.6 is 12.6 Å². The minimum absolute atomic E-state index is 0.147. The minimum Gasteiger partial charge on any atom is -0.493 e. The van der Waals surface area contributed by atoms with Crippen LogP contribution < -0.4 is 30.3 Å². The van der Waals surface area contributed by atoms with Crippen molar-refractivity contribution < 1.29 is 28.7 Å². The van der Waals surface area contributed by atoms with Crippen molar-refractivity contribution in [3.8, 4) is 22.6 Å². The van der Waals surface area contributed by atoms with E-state index < -0.39 is 0 Å². The molecule has 4 heterocycles. The number of hydrogen-bond donors (Lipinski definition) is 4. The molecule has 0 unspecified atom stereocenters. The molecule has 0 bridgehead atoms. The lowest BCUT2D eigenvalue weighted by Gasteiger charge is -2.22. The van der Waals surface area contributed by atoms with E-state index in [0.29, 0.717) is 64.9 Å². The van der Waals surface area contributed by atoms with E-state index >= 15 is 0 Å². The number of carbonyl (C=O) groups excluding carboxylic acids is 4. The van der Waals surface area contributed by atoms with Crippen molar-refractivity contribution in [1.82, 2.24) is 14.5 Å². The summed E-state index contributed by atoms with van der Waals surface area (Å²) in [6.07, 6.45) is 6.64. The highest BCUT2D eigenvalue weighted by Crippen LogP contribution is 2.41. The summed E-state index contributed by atoms with van der Waals surface area (Å²) in [6, 6.07) is 21.9. The molecule has 1 atom stereocenters. The van der Waals surface area contributed by atoms with E-state index in [4.69, 9.17) is 9.47 Å². The molecule has 14 heteroatoms. The van der Waals surface area contributed by atoms with Crippen LogP contribution in [0.3, 0.4) is 0 Å². The average Bonchev–Trinajstić information content (AvgIpc) is 3.85. The average molecular weight is 788 g/mol. The van der Waals surface area contributed by atoms with Crippen LogP contribution in [-0.4, -0.2) is 70.0 Å². The first-order valence-corrected chi connectivity index (χ1v) is 19.1. The molecule has 0 fully saturated rings. The number of nitrogens with one attached hydrogen (secondary N) is 3. The van der Waals surface area contributed by atoms with Crippen molar-refractivity contribution in [2.75, 3.05) is 35.8 Å². The lowest BCUT2D eigenvalue weighted by Crippen LogP contribution is -2.37. The van der Waals surface area contributed by atoms with Gasteiger partial charge in [-0.25, -0.2) is 0 Å². The van der Waals surface area contributed by atoms with Crippen LogP contribution in [0.2, 0.25) is 0 Å². The summed E-state index contributed by atoms with van der Waals surface area (Å²) < 4.78 is 14.7. The Morgan fingerprint density at radius 3 is 2.37 bits per heavy atom. The molecule has 57 heavy (non-hydrogen) atoms. The van der Waals surface area contributed by atoms with Crippen molar-refractivity contribution in [2.24, 2.45) is 19.1 Å². The second kappa shape index (κ2) is 16.1. The van der Waals surface area contributed by atoms with Gasteiger partial charge in [0.25, 0.3) is 17.7 Å². The number of carbonyl (C=O) groups is 4. The molecule has 2 aliphatic heterocycles. The van der Waals surface area contributed by atoms with Gasteiger partial charge in [0.15, 0.2) is 11.5 Å². The van der Waals surface area contributed by atoms with Crippen LogP contribution in [0.15, 0.2) is 90.2 Å². The van der Waals surface area contributed by atoms with Gasteiger partial charge in [-0.2, -0.15) is 12.6 Å². The molecule has 0 aliphatic carbocycles. The summed E-state index contributed by atoms with van der Waals surface area (Å²) in [5.74, 6) is -0.0615. The molecule has 3 aromatic carbocycles. The van der Waals surface area contributed by atoms with E-state index in [-0.39, 0.29) is 47.4 Å². The van der Waals surface area contributed by atoms with Gasteiger partial charge in [0.2, 0.25) is 5.91 Å². The first kappa shape index (κ1) is 39.0. The highest BCUT2D eigenvalue weighted by Gasteiger charge is 2.36. The predicted molar refractivity (Wildman–Crippen MR) is 225 cm³/mol. The normalized spacial score (nSPS) is 14.3. The molecule has 2 aromatic heterocycles. The van der Waals surface area contributed by atoms with Crippen molar-refractivity contribution in [2.45, 2.75) is 43.9 Å². The molecule has 0 saturated carbocycles. The highest BCUT2D eigenvalue weighted by molar-refractivity contribution is 7.81. The fourth-order valence-electron chi connectivity index (χ4n) is 6.96. The first-order valence-electron chi connectivity index (χ1n) is 18.6. The third kappa shape index (κ3) is 8.60. The molecule has 3 N–H and O–H groups in total. The number of methoxy groups -OCH3 is 1. The number of nitrogens with zero attached hydrogens (tertiary/aromatic N) is 4. The molecule has 0 saturated heterocycles. The van der Waals surface area contributed by atoms with Gasteiger partial charge in [-0.1, -0.05) is 30.3 Å². The van der Waals surface area contributed by atoms with Crippen molar-refractivity contribution in [3.05, 3.63) is 108 Å². The fraction of sp³-hybridized carbons (Fsp3) is 0.279. The molecule has 5 aromatic rings. The largest absolute Gasteiger partial charge is 0.493 e.